The van der Waals surface area contributed by atoms with Gasteiger partial charge >= 0.3 is 0 Å². The third kappa shape index (κ3) is 3.49. The first-order valence-electron chi connectivity index (χ1n) is 5.28. The summed E-state index contributed by atoms with van der Waals surface area (Å²) < 4.78 is 10.2. The highest BCUT2D eigenvalue weighted by molar-refractivity contribution is 6.17. The molecule has 0 bridgehead atoms. The van der Waals surface area contributed by atoms with E-state index in [-0.39, 0.29) is 5.88 Å². The van der Waals surface area contributed by atoms with Gasteiger partial charge in [0.2, 0.25) is 0 Å². The molecule has 1 rings (SSSR count). The number of halogens is 1. The predicted octanol–water partition coefficient (Wildman–Crippen LogP) is 1.73. The van der Waals surface area contributed by atoms with Crippen LogP contribution in [0.3, 0.4) is 0 Å². The Labute approximate surface area is 106 Å². The second-order valence-electron chi connectivity index (χ2n) is 3.60. The van der Waals surface area contributed by atoms with Gasteiger partial charge in [-0.05, 0) is 24.6 Å². The van der Waals surface area contributed by atoms with Gasteiger partial charge in [-0.25, -0.2) is 0 Å². The number of hydrogen-bond acceptors (Lipinski definition) is 4. The first-order valence-corrected chi connectivity index (χ1v) is 5.81. The van der Waals surface area contributed by atoms with E-state index in [1.54, 1.807) is 18.2 Å². The van der Waals surface area contributed by atoms with Crippen LogP contribution in [0.15, 0.2) is 18.2 Å². The molecule has 2 atom stereocenters. The number of methoxy groups -OCH3 is 2. The first-order chi connectivity index (χ1) is 8.13. The van der Waals surface area contributed by atoms with Crippen LogP contribution >= 0.6 is 11.6 Å². The quantitative estimate of drug-likeness (QED) is 0.765. The molecular formula is C12H17ClO4. The average Bonchev–Trinajstić information content (AvgIpc) is 2.37. The van der Waals surface area contributed by atoms with Crippen molar-refractivity contribution < 1.29 is 19.7 Å². The molecule has 0 aromatic heterocycles. The van der Waals surface area contributed by atoms with Crippen molar-refractivity contribution in [1.82, 2.24) is 0 Å². The molecule has 0 aliphatic rings. The molecule has 1 aromatic rings. The number of ether oxygens (including phenoxy) is 2. The zero-order valence-electron chi connectivity index (χ0n) is 9.89. The van der Waals surface area contributed by atoms with E-state index in [9.17, 15) is 10.2 Å². The normalized spacial score (nSPS) is 14.2. The smallest absolute Gasteiger partial charge is 0.125 e. The molecule has 0 aliphatic heterocycles. The summed E-state index contributed by atoms with van der Waals surface area (Å²) in [5.74, 6) is 1.38. The molecule has 0 aliphatic carbocycles. The van der Waals surface area contributed by atoms with Crippen molar-refractivity contribution in [3.05, 3.63) is 23.8 Å². The number of hydrogen-bond donors (Lipinski definition) is 2. The van der Waals surface area contributed by atoms with Crippen molar-refractivity contribution in [2.24, 2.45) is 0 Å². The molecule has 2 N–H and O–H groups in total. The highest BCUT2D eigenvalue weighted by Crippen LogP contribution is 2.31. The van der Waals surface area contributed by atoms with E-state index in [4.69, 9.17) is 21.1 Å². The molecule has 5 heteroatoms. The summed E-state index contributed by atoms with van der Waals surface area (Å²) in [6, 6.07) is 5.05. The van der Waals surface area contributed by atoms with Crippen LogP contribution in [-0.2, 0) is 0 Å². The van der Waals surface area contributed by atoms with Gasteiger partial charge in [0.1, 0.15) is 17.6 Å². The lowest BCUT2D eigenvalue weighted by Crippen LogP contribution is -2.19. The summed E-state index contributed by atoms with van der Waals surface area (Å²) >= 11 is 5.53. The van der Waals surface area contributed by atoms with Crippen LogP contribution in [0.25, 0.3) is 0 Å². The molecule has 0 spiro atoms. The molecule has 0 amide bonds. The van der Waals surface area contributed by atoms with E-state index in [0.29, 0.717) is 23.5 Å². The predicted molar refractivity (Wildman–Crippen MR) is 65.8 cm³/mol. The van der Waals surface area contributed by atoms with E-state index in [1.165, 1.54) is 14.2 Å². The number of benzene rings is 1. The number of alkyl halides is 1. The SMILES string of the molecule is COc1ccc(OC)c(C(O)C(O)CCCl)c1. The van der Waals surface area contributed by atoms with Crippen LogP contribution in [0.1, 0.15) is 18.1 Å². The van der Waals surface area contributed by atoms with Crippen molar-refractivity contribution in [3.63, 3.8) is 0 Å². The Morgan fingerprint density at radius 1 is 1.24 bits per heavy atom. The van der Waals surface area contributed by atoms with E-state index in [0.717, 1.165) is 0 Å². The van der Waals surface area contributed by atoms with Gasteiger partial charge < -0.3 is 19.7 Å². The van der Waals surface area contributed by atoms with Gasteiger partial charge in [-0.15, -0.1) is 11.6 Å². The van der Waals surface area contributed by atoms with Crippen LogP contribution in [0.2, 0.25) is 0 Å². The molecule has 96 valence electrons. The van der Waals surface area contributed by atoms with Crippen molar-refractivity contribution in [2.45, 2.75) is 18.6 Å². The second kappa shape index (κ2) is 6.69. The van der Waals surface area contributed by atoms with Gasteiger partial charge in [0.25, 0.3) is 0 Å². The maximum atomic E-state index is 10.0. The van der Waals surface area contributed by atoms with Gasteiger partial charge in [-0.2, -0.15) is 0 Å². The lowest BCUT2D eigenvalue weighted by atomic mass is 10.0. The summed E-state index contributed by atoms with van der Waals surface area (Å²) in [5.41, 5.74) is 0.490. The lowest BCUT2D eigenvalue weighted by molar-refractivity contribution is 0.0155. The molecule has 4 nitrogen and oxygen atoms in total. The Morgan fingerprint density at radius 3 is 2.47 bits per heavy atom. The zero-order chi connectivity index (χ0) is 12.8. The molecule has 0 fully saturated rings. The van der Waals surface area contributed by atoms with Crippen LogP contribution < -0.4 is 9.47 Å². The molecule has 0 heterocycles. The van der Waals surface area contributed by atoms with E-state index in [1.807, 2.05) is 0 Å². The highest BCUT2D eigenvalue weighted by atomic mass is 35.5. The molecular weight excluding hydrogens is 244 g/mol. The summed E-state index contributed by atoms with van der Waals surface area (Å²) in [5, 5.41) is 19.7. The summed E-state index contributed by atoms with van der Waals surface area (Å²) in [4.78, 5) is 0. The van der Waals surface area contributed by atoms with Crippen LogP contribution in [0.5, 0.6) is 11.5 Å². The van der Waals surface area contributed by atoms with Crippen LogP contribution in [0.4, 0.5) is 0 Å². The number of rotatable bonds is 6. The zero-order valence-corrected chi connectivity index (χ0v) is 10.6. The van der Waals surface area contributed by atoms with Gasteiger partial charge in [-0.1, -0.05) is 0 Å². The standard InChI is InChI=1S/C12H17ClO4/c1-16-8-3-4-11(17-2)9(7-8)12(15)10(14)5-6-13/h3-4,7,10,12,14-15H,5-6H2,1-2H3. The molecule has 0 saturated carbocycles. The largest absolute Gasteiger partial charge is 0.497 e. The summed E-state index contributed by atoms with van der Waals surface area (Å²) in [6.45, 7) is 0. The molecule has 1 aromatic carbocycles. The number of aliphatic hydroxyl groups is 2. The van der Waals surface area contributed by atoms with Gasteiger partial charge in [0, 0.05) is 11.4 Å². The Hall–Kier alpha value is -0.970. The van der Waals surface area contributed by atoms with Gasteiger partial charge in [-0.3, -0.25) is 0 Å². The minimum absolute atomic E-state index is 0.282. The van der Waals surface area contributed by atoms with Crippen molar-refractivity contribution >= 4 is 11.6 Å². The van der Waals surface area contributed by atoms with Crippen LogP contribution in [0, 0.1) is 0 Å². The Kier molecular flexibility index (Phi) is 5.55. The average molecular weight is 261 g/mol. The monoisotopic (exact) mass is 260 g/mol. The van der Waals surface area contributed by atoms with E-state index >= 15 is 0 Å². The lowest BCUT2D eigenvalue weighted by Gasteiger charge is -2.20. The topological polar surface area (TPSA) is 58.9 Å². The third-order valence-corrected chi connectivity index (χ3v) is 2.74. The maximum Gasteiger partial charge on any atom is 0.125 e. The second-order valence-corrected chi connectivity index (χ2v) is 3.98. The fourth-order valence-electron chi connectivity index (χ4n) is 1.55. The molecule has 0 radical (unpaired) electrons. The fourth-order valence-corrected chi connectivity index (χ4v) is 1.77. The summed E-state index contributed by atoms with van der Waals surface area (Å²) in [7, 11) is 3.04. The molecule has 0 saturated heterocycles. The Morgan fingerprint density at radius 2 is 1.94 bits per heavy atom. The first kappa shape index (κ1) is 14.1. The fraction of sp³-hybridized carbons (Fsp3) is 0.500. The molecule has 2 unspecified atom stereocenters. The van der Waals surface area contributed by atoms with Crippen LogP contribution in [-0.4, -0.2) is 36.4 Å². The van der Waals surface area contributed by atoms with Crippen molar-refractivity contribution in [1.29, 1.82) is 0 Å². The Balaban J connectivity index is 3.00. The van der Waals surface area contributed by atoms with E-state index in [2.05, 4.69) is 0 Å². The van der Waals surface area contributed by atoms with E-state index < -0.39 is 12.2 Å². The Bertz CT molecular complexity index is 356. The van der Waals surface area contributed by atoms with Gasteiger partial charge in [0.05, 0.1) is 20.3 Å². The minimum atomic E-state index is -1.04. The van der Waals surface area contributed by atoms with Crippen molar-refractivity contribution in [3.8, 4) is 11.5 Å². The molecule has 17 heavy (non-hydrogen) atoms. The third-order valence-electron chi connectivity index (χ3n) is 2.52. The minimum Gasteiger partial charge on any atom is -0.497 e. The van der Waals surface area contributed by atoms with Crippen molar-refractivity contribution in [2.75, 3.05) is 20.1 Å². The van der Waals surface area contributed by atoms with Gasteiger partial charge in [0.15, 0.2) is 0 Å². The number of aliphatic hydroxyl groups excluding tert-OH is 2. The highest BCUT2D eigenvalue weighted by Gasteiger charge is 2.21. The summed E-state index contributed by atoms with van der Waals surface area (Å²) in [6.07, 6.45) is -1.66. The maximum absolute atomic E-state index is 10.0.